The van der Waals surface area contributed by atoms with Gasteiger partial charge in [0, 0.05) is 12.1 Å². The standard InChI is InChI=1S/C15H14N2O5S/c1-21-11-8-13(16-14(9-11)22-2)17-15(18)7-10-5-3-4-6-12(10)23(17,19)20/h3-6,8-9H,7H2,1-2H3. The Hall–Kier alpha value is -2.61. The number of fused-ring (bicyclic) bond motifs is 1. The molecule has 2 heterocycles. The molecule has 1 amide bonds. The lowest BCUT2D eigenvalue weighted by atomic mass is 10.1. The molecule has 23 heavy (non-hydrogen) atoms. The number of rotatable bonds is 3. The molecule has 7 nitrogen and oxygen atoms in total. The van der Waals surface area contributed by atoms with Crippen LogP contribution in [0.1, 0.15) is 5.56 Å². The predicted octanol–water partition coefficient (Wildman–Crippen LogP) is 1.38. The molecule has 3 rings (SSSR count). The average molecular weight is 334 g/mol. The van der Waals surface area contributed by atoms with Gasteiger partial charge in [0.2, 0.25) is 11.8 Å². The highest BCUT2D eigenvalue weighted by atomic mass is 32.2. The maximum Gasteiger partial charge on any atom is 0.272 e. The van der Waals surface area contributed by atoms with Crippen molar-refractivity contribution in [3.8, 4) is 11.6 Å². The summed E-state index contributed by atoms with van der Waals surface area (Å²) in [5, 5.41) is 0. The minimum Gasteiger partial charge on any atom is -0.496 e. The molecule has 0 N–H and O–H groups in total. The highest BCUT2D eigenvalue weighted by molar-refractivity contribution is 7.93. The minimum absolute atomic E-state index is 0.0173. The lowest BCUT2D eigenvalue weighted by molar-refractivity contribution is -0.117. The van der Waals surface area contributed by atoms with E-state index in [4.69, 9.17) is 9.47 Å². The molecule has 0 atom stereocenters. The number of hydrogen-bond acceptors (Lipinski definition) is 6. The number of amides is 1. The van der Waals surface area contributed by atoms with Gasteiger partial charge in [-0.15, -0.1) is 0 Å². The van der Waals surface area contributed by atoms with Crippen molar-refractivity contribution in [2.45, 2.75) is 11.3 Å². The van der Waals surface area contributed by atoms with Crippen LogP contribution >= 0.6 is 0 Å². The van der Waals surface area contributed by atoms with Gasteiger partial charge < -0.3 is 9.47 Å². The van der Waals surface area contributed by atoms with Crippen LogP contribution in [0.4, 0.5) is 5.82 Å². The van der Waals surface area contributed by atoms with Crippen molar-refractivity contribution in [1.29, 1.82) is 0 Å². The summed E-state index contributed by atoms with van der Waals surface area (Å²) in [6, 6.07) is 9.29. The Morgan fingerprint density at radius 3 is 2.57 bits per heavy atom. The normalized spacial score (nSPS) is 15.9. The van der Waals surface area contributed by atoms with Crippen molar-refractivity contribution in [1.82, 2.24) is 4.98 Å². The number of ether oxygens (including phenoxy) is 2. The Labute approximate surface area is 133 Å². The third-order valence-corrected chi connectivity index (χ3v) is 5.30. The third-order valence-electron chi connectivity index (χ3n) is 3.47. The number of nitrogens with zero attached hydrogens (tertiary/aromatic N) is 2. The number of aromatic nitrogens is 1. The molecule has 0 spiro atoms. The Morgan fingerprint density at radius 1 is 1.13 bits per heavy atom. The number of benzene rings is 1. The van der Waals surface area contributed by atoms with E-state index < -0.39 is 15.9 Å². The second-order valence-corrected chi connectivity index (χ2v) is 6.61. The molecule has 0 saturated heterocycles. The molecule has 2 aromatic rings. The van der Waals surface area contributed by atoms with E-state index in [9.17, 15) is 13.2 Å². The molecule has 1 aromatic carbocycles. The van der Waals surface area contributed by atoms with Crippen LogP contribution in [0.15, 0.2) is 41.3 Å². The maximum atomic E-state index is 12.8. The molecule has 0 fully saturated rings. The van der Waals surface area contributed by atoms with Gasteiger partial charge in [0.25, 0.3) is 10.0 Å². The van der Waals surface area contributed by atoms with E-state index in [1.165, 1.54) is 32.4 Å². The number of methoxy groups -OCH3 is 2. The van der Waals surface area contributed by atoms with Gasteiger partial charge in [0.1, 0.15) is 5.75 Å². The van der Waals surface area contributed by atoms with Gasteiger partial charge in [-0.25, -0.2) is 8.42 Å². The molecule has 0 aliphatic carbocycles. The quantitative estimate of drug-likeness (QED) is 0.843. The van der Waals surface area contributed by atoms with Crippen molar-refractivity contribution < 1.29 is 22.7 Å². The first-order valence-electron chi connectivity index (χ1n) is 6.73. The molecule has 120 valence electrons. The molecule has 0 bridgehead atoms. The van der Waals surface area contributed by atoms with Crippen LogP contribution in [0.5, 0.6) is 11.6 Å². The summed E-state index contributed by atoms with van der Waals surface area (Å²) >= 11 is 0. The van der Waals surface area contributed by atoms with Gasteiger partial charge in [-0.1, -0.05) is 18.2 Å². The monoisotopic (exact) mass is 334 g/mol. The lowest BCUT2D eigenvalue weighted by Gasteiger charge is -2.27. The van der Waals surface area contributed by atoms with Gasteiger partial charge in [0.15, 0.2) is 5.82 Å². The summed E-state index contributed by atoms with van der Waals surface area (Å²) in [7, 11) is -1.20. The number of hydrogen-bond donors (Lipinski definition) is 0. The van der Waals surface area contributed by atoms with E-state index in [0.29, 0.717) is 15.6 Å². The fourth-order valence-corrected chi connectivity index (χ4v) is 4.01. The summed E-state index contributed by atoms with van der Waals surface area (Å²) in [5.74, 6) is -0.137. The van der Waals surface area contributed by atoms with Gasteiger partial charge >= 0.3 is 0 Å². The Balaban J connectivity index is 2.19. The summed E-state index contributed by atoms with van der Waals surface area (Å²) in [6.45, 7) is 0. The molecule has 0 saturated carbocycles. The van der Waals surface area contributed by atoms with Gasteiger partial charge in [-0.3, -0.25) is 4.79 Å². The number of sulfonamides is 1. The van der Waals surface area contributed by atoms with E-state index in [1.54, 1.807) is 18.2 Å². The summed E-state index contributed by atoms with van der Waals surface area (Å²) in [5.41, 5.74) is 0.476. The number of carbonyl (C=O) groups is 1. The van der Waals surface area contributed by atoms with Crippen molar-refractivity contribution >= 4 is 21.7 Å². The Morgan fingerprint density at radius 2 is 1.87 bits per heavy atom. The zero-order valence-electron chi connectivity index (χ0n) is 12.5. The fourth-order valence-electron chi connectivity index (χ4n) is 2.41. The molecule has 0 radical (unpaired) electrons. The molecule has 1 aliphatic rings. The van der Waals surface area contributed by atoms with E-state index in [-0.39, 0.29) is 23.0 Å². The first-order valence-corrected chi connectivity index (χ1v) is 8.17. The van der Waals surface area contributed by atoms with Crippen LogP contribution in [0.2, 0.25) is 0 Å². The molecule has 8 heteroatoms. The van der Waals surface area contributed by atoms with Crippen LogP contribution in [0.25, 0.3) is 0 Å². The number of pyridine rings is 1. The summed E-state index contributed by atoms with van der Waals surface area (Å²) in [4.78, 5) is 16.6. The Kier molecular flexibility index (Phi) is 3.69. The summed E-state index contributed by atoms with van der Waals surface area (Å²) in [6.07, 6.45) is -0.0173. The fraction of sp³-hybridized carbons (Fsp3) is 0.200. The van der Waals surface area contributed by atoms with Crippen LogP contribution in [-0.4, -0.2) is 33.5 Å². The van der Waals surface area contributed by atoms with Crippen LogP contribution in [-0.2, 0) is 21.2 Å². The molecule has 1 aromatic heterocycles. The second kappa shape index (κ2) is 5.54. The SMILES string of the molecule is COc1cc(OC)nc(N2C(=O)Cc3ccccc3S2(=O)=O)c1. The first-order chi connectivity index (χ1) is 11.0. The van der Waals surface area contributed by atoms with Crippen molar-refractivity contribution in [3.05, 3.63) is 42.0 Å². The first kappa shape index (κ1) is 15.3. The largest absolute Gasteiger partial charge is 0.496 e. The maximum absolute atomic E-state index is 12.8. The van der Waals surface area contributed by atoms with E-state index in [2.05, 4.69) is 4.98 Å². The molecule has 0 unspecified atom stereocenters. The summed E-state index contributed by atoms with van der Waals surface area (Å²) < 4.78 is 36.4. The smallest absolute Gasteiger partial charge is 0.272 e. The van der Waals surface area contributed by atoms with E-state index in [1.807, 2.05) is 0 Å². The number of anilines is 1. The third kappa shape index (κ3) is 2.50. The predicted molar refractivity (Wildman–Crippen MR) is 82.2 cm³/mol. The van der Waals surface area contributed by atoms with Gasteiger partial charge in [-0.05, 0) is 11.6 Å². The lowest BCUT2D eigenvalue weighted by Crippen LogP contribution is -2.42. The Bertz CT molecular complexity index is 857. The zero-order chi connectivity index (χ0) is 16.6. The molecular formula is C15H14N2O5S. The van der Waals surface area contributed by atoms with Crippen LogP contribution in [0, 0.1) is 0 Å². The zero-order valence-corrected chi connectivity index (χ0v) is 13.3. The van der Waals surface area contributed by atoms with E-state index >= 15 is 0 Å². The van der Waals surface area contributed by atoms with Crippen LogP contribution in [0.3, 0.4) is 0 Å². The molecular weight excluding hydrogens is 320 g/mol. The average Bonchev–Trinajstić information content (AvgIpc) is 2.54. The highest BCUT2D eigenvalue weighted by Crippen LogP contribution is 2.33. The van der Waals surface area contributed by atoms with Gasteiger partial charge in [0.05, 0.1) is 25.5 Å². The van der Waals surface area contributed by atoms with Crippen molar-refractivity contribution in [3.63, 3.8) is 0 Å². The topological polar surface area (TPSA) is 85.8 Å². The van der Waals surface area contributed by atoms with Crippen LogP contribution < -0.4 is 13.8 Å². The molecule has 1 aliphatic heterocycles. The number of carbonyl (C=O) groups excluding carboxylic acids is 1. The van der Waals surface area contributed by atoms with Crippen molar-refractivity contribution in [2.75, 3.05) is 18.5 Å². The van der Waals surface area contributed by atoms with E-state index in [0.717, 1.165) is 0 Å². The second-order valence-electron chi connectivity index (χ2n) is 4.86. The van der Waals surface area contributed by atoms with Gasteiger partial charge in [-0.2, -0.15) is 9.29 Å². The highest BCUT2D eigenvalue weighted by Gasteiger charge is 2.38. The minimum atomic E-state index is -4.02. The van der Waals surface area contributed by atoms with Crippen molar-refractivity contribution in [2.24, 2.45) is 0 Å².